The highest BCUT2D eigenvalue weighted by molar-refractivity contribution is 5.73. The molecular weight excluding hydrogens is 268 g/mol. The van der Waals surface area contributed by atoms with Crippen LogP contribution in [0.5, 0.6) is 11.5 Å². The van der Waals surface area contributed by atoms with Crippen LogP contribution >= 0.6 is 0 Å². The second-order valence-corrected chi connectivity index (χ2v) is 3.85. The Kier molecular flexibility index (Phi) is 5.73. The van der Waals surface area contributed by atoms with E-state index < -0.39 is 16.9 Å². The number of carboxylic acid groups (broad SMARTS) is 1. The van der Waals surface area contributed by atoms with Gasteiger partial charge >= 0.3 is 5.97 Å². The molecule has 0 radical (unpaired) electrons. The van der Waals surface area contributed by atoms with Crippen molar-refractivity contribution in [2.45, 2.75) is 13.0 Å². The molecule has 1 atom stereocenters. The first-order valence-electron chi connectivity index (χ1n) is 5.91. The molecular formula is C12H16N2O6. The van der Waals surface area contributed by atoms with Gasteiger partial charge in [-0.15, -0.1) is 0 Å². The highest BCUT2D eigenvalue weighted by Crippen LogP contribution is 2.31. The summed E-state index contributed by atoms with van der Waals surface area (Å²) in [5.41, 5.74) is -0.129. The van der Waals surface area contributed by atoms with E-state index in [0.29, 0.717) is 6.54 Å². The van der Waals surface area contributed by atoms with Crippen LogP contribution < -0.4 is 14.8 Å². The summed E-state index contributed by atoms with van der Waals surface area (Å²) in [7, 11) is 1.35. The second kappa shape index (κ2) is 7.29. The summed E-state index contributed by atoms with van der Waals surface area (Å²) in [5.74, 6) is -0.602. The monoisotopic (exact) mass is 284 g/mol. The average molecular weight is 284 g/mol. The maximum absolute atomic E-state index is 10.9. The fourth-order valence-electron chi connectivity index (χ4n) is 1.53. The van der Waals surface area contributed by atoms with Gasteiger partial charge in [0.25, 0.3) is 5.69 Å². The number of carboxylic acids is 1. The first kappa shape index (κ1) is 15.7. The number of rotatable bonds is 8. The van der Waals surface area contributed by atoms with Gasteiger partial charge in [-0.05, 0) is 12.6 Å². The molecule has 2 N–H and O–H groups in total. The lowest BCUT2D eigenvalue weighted by atomic mass is 10.2. The van der Waals surface area contributed by atoms with E-state index in [1.165, 1.54) is 25.3 Å². The van der Waals surface area contributed by atoms with Gasteiger partial charge < -0.3 is 19.9 Å². The summed E-state index contributed by atoms with van der Waals surface area (Å²) in [4.78, 5) is 21.0. The van der Waals surface area contributed by atoms with Crippen LogP contribution in [-0.2, 0) is 4.79 Å². The number of aliphatic carboxylic acids is 1. The lowest BCUT2D eigenvalue weighted by Crippen LogP contribution is -2.41. The SMILES string of the molecule is CCNC(COc1ccc([N+](=O)[O-])cc1OC)C(=O)O. The Morgan fingerprint density at radius 1 is 1.50 bits per heavy atom. The molecule has 0 aliphatic heterocycles. The third-order valence-corrected chi connectivity index (χ3v) is 2.51. The second-order valence-electron chi connectivity index (χ2n) is 3.85. The van der Waals surface area contributed by atoms with Gasteiger partial charge in [0.2, 0.25) is 0 Å². The van der Waals surface area contributed by atoms with Crippen molar-refractivity contribution < 1.29 is 24.3 Å². The van der Waals surface area contributed by atoms with Crippen molar-refractivity contribution in [3.63, 3.8) is 0 Å². The predicted molar refractivity (Wildman–Crippen MR) is 70.2 cm³/mol. The minimum absolute atomic E-state index is 0.114. The number of hydrogen-bond acceptors (Lipinski definition) is 6. The highest BCUT2D eigenvalue weighted by atomic mass is 16.6. The summed E-state index contributed by atoms with van der Waals surface area (Å²) < 4.78 is 10.3. The Balaban J connectivity index is 2.81. The van der Waals surface area contributed by atoms with Gasteiger partial charge in [-0.3, -0.25) is 14.9 Å². The van der Waals surface area contributed by atoms with Crippen molar-refractivity contribution in [1.82, 2.24) is 5.32 Å². The summed E-state index contributed by atoms with van der Waals surface area (Å²) in [6.07, 6.45) is 0. The number of carbonyl (C=O) groups is 1. The molecule has 0 aliphatic rings. The number of non-ortho nitro benzene ring substituents is 1. The van der Waals surface area contributed by atoms with Crippen LogP contribution in [0.3, 0.4) is 0 Å². The third-order valence-electron chi connectivity index (χ3n) is 2.51. The molecule has 0 aliphatic carbocycles. The zero-order valence-corrected chi connectivity index (χ0v) is 11.2. The Hall–Kier alpha value is -2.35. The van der Waals surface area contributed by atoms with Gasteiger partial charge in [-0.2, -0.15) is 0 Å². The molecule has 0 heterocycles. The molecule has 0 saturated heterocycles. The maximum Gasteiger partial charge on any atom is 0.324 e. The van der Waals surface area contributed by atoms with Crippen LogP contribution in [0.2, 0.25) is 0 Å². The van der Waals surface area contributed by atoms with Crippen molar-refractivity contribution in [1.29, 1.82) is 0 Å². The van der Waals surface area contributed by atoms with Gasteiger partial charge in [0.05, 0.1) is 18.1 Å². The van der Waals surface area contributed by atoms with Crippen LogP contribution in [0, 0.1) is 10.1 Å². The number of methoxy groups -OCH3 is 1. The normalized spacial score (nSPS) is 11.7. The zero-order chi connectivity index (χ0) is 15.1. The van der Waals surface area contributed by atoms with Gasteiger partial charge in [-0.25, -0.2) is 0 Å². The molecule has 20 heavy (non-hydrogen) atoms. The van der Waals surface area contributed by atoms with E-state index in [1.54, 1.807) is 6.92 Å². The van der Waals surface area contributed by atoms with Gasteiger partial charge in [0.1, 0.15) is 12.6 Å². The number of nitro benzene ring substituents is 1. The number of likely N-dealkylation sites (N-methyl/N-ethyl adjacent to an activating group) is 1. The molecule has 1 aromatic rings. The summed E-state index contributed by atoms with van der Waals surface area (Å²) >= 11 is 0. The first-order valence-corrected chi connectivity index (χ1v) is 5.91. The minimum atomic E-state index is -1.03. The number of nitrogens with zero attached hydrogens (tertiary/aromatic N) is 1. The topological polar surface area (TPSA) is 111 Å². The molecule has 0 spiro atoms. The van der Waals surface area contributed by atoms with Crippen LogP contribution in [0.25, 0.3) is 0 Å². The lowest BCUT2D eigenvalue weighted by molar-refractivity contribution is -0.385. The number of nitro groups is 1. The molecule has 1 rings (SSSR count). The van der Waals surface area contributed by atoms with E-state index in [-0.39, 0.29) is 23.8 Å². The lowest BCUT2D eigenvalue weighted by Gasteiger charge is -2.15. The summed E-state index contributed by atoms with van der Waals surface area (Å²) in [6, 6.07) is 3.00. The third kappa shape index (κ3) is 4.09. The summed E-state index contributed by atoms with van der Waals surface area (Å²) in [6.45, 7) is 2.15. The van der Waals surface area contributed by atoms with Crippen LogP contribution in [0.4, 0.5) is 5.69 Å². The van der Waals surface area contributed by atoms with E-state index in [1.807, 2.05) is 0 Å². The van der Waals surface area contributed by atoms with Crippen molar-refractivity contribution in [3.05, 3.63) is 28.3 Å². The molecule has 0 bridgehead atoms. The van der Waals surface area contributed by atoms with E-state index in [4.69, 9.17) is 14.6 Å². The molecule has 1 aromatic carbocycles. The molecule has 1 unspecified atom stereocenters. The van der Waals surface area contributed by atoms with Crippen molar-refractivity contribution in [2.75, 3.05) is 20.3 Å². The van der Waals surface area contributed by atoms with Crippen molar-refractivity contribution in [2.24, 2.45) is 0 Å². The van der Waals surface area contributed by atoms with Crippen LogP contribution in [-0.4, -0.2) is 42.3 Å². The smallest absolute Gasteiger partial charge is 0.324 e. The Morgan fingerprint density at radius 3 is 2.70 bits per heavy atom. The standard InChI is InChI=1S/C12H16N2O6/c1-3-13-9(12(15)16)7-20-10-5-4-8(14(17)18)6-11(10)19-2/h4-6,9,13H,3,7H2,1-2H3,(H,15,16). The van der Waals surface area contributed by atoms with Gasteiger partial charge in [0.15, 0.2) is 11.5 Å². The zero-order valence-electron chi connectivity index (χ0n) is 11.2. The highest BCUT2D eigenvalue weighted by Gasteiger charge is 2.18. The van der Waals surface area contributed by atoms with Crippen LogP contribution in [0.1, 0.15) is 6.92 Å². The molecule has 110 valence electrons. The molecule has 0 saturated carbocycles. The quantitative estimate of drug-likeness (QED) is 0.542. The molecule has 0 fully saturated rings. The minimum Gasteiger partial charge on any atom is -0.493 e. The summed E-state index contributed by atoms with van der Waals surface area (Å²) in [5, 5.41) is 22.4. The first-order chi connectivity index (χ1) is 9.49. The van der Waals surface area contributed by atoms with Crippen molar-refractivity contribution >= 4 is 11.7 Å². The molecule has 0 amide bonds. The van der Waals surface area contributed by atoms with Crippen LogP contribution in [0.15, 0.2) is 18.2 Å². The fraction of sp³-hybridized carbons (Fsp3) is 0.417. The molecule has 8 heteroatoms. The number of benzene rings is 1. The Bertz CT molecular complexity index is 491. The fourth-order valence-corrected chi connectivity index (χ4v) is 1.53. The van der Waals surface area contributed by atoms with E-state index >= 15 is 0 Å². The number of nitrogens with one attached hydrogen (secondary N) is 1. The Morgan fingerprint density at radius 2 is 2.20 bits per heavy atom. The largest absolute Gasteiger partial charge is 0.493 e. The van der Waals surface area contributed by atoms with E-state index in [9.17, 15) is 14.9 Å². The maximum atomic E-state index is 10.9. The average Bonchev–Trinajstić information content (AvgIpc) is 2.42. The van der Waals surface area contributed by atoms with Gasteiger partial charge in [-0.1, -0.05) is 6.92 Å². The van der Waals surface area contributed by atoms with E-state index in [0.717, 1.165) is 0 Å². The number of ether oxygens (including phenoxy) is 2. The predicted octanol–water partition coefficient (Wildman–Crippen LogP) is 1.04. The van der Waals surface area contributed by atoms with Gasteiger partial charge in [0, 0.05) is 6.07 Å². The number of hydrogen-bond donors (Lipinski definition) is 2. The molecule has 0 aromatic heterocycles. The Labute approximate surface area is 115 Å². The van der Waals surface area contributed by atoms with E-state index in [2.05, 4.69) is 5.32 Å². The van der Waals surface area contributed by atoms with Crippen molar-refractivity contribution in [3.8, 4) is 11.5 Å². The molecule has 8 nitrogen and oxygen atoms in total.